The summed E-state index contributed by atoms with van der Waals surface area (Å²) in [6.45, 7) is 1.81. The van der Waals surface area contributed by atoms with Crippen LogP contribution in [0.1, 0.15) is 27.1 Å². The molecule has 1 aliphatic rings. The largest absolute Gasteiger partial charge is 0.478 e. The van der Waals surface area contributed by atoms with Gasteiger partial charge in [-0.2, -0.15) is 0 Å². The van der Waals surface area contributed by atoms with E-state index in [0.29, 0.717) is 5.56 Å². The van der Waals surface area contributed by atoms with E-state index in [-0.39, 0.29) is 17.5 Å². The molecule has 102 valence electrons. The third kappa shape index (κ3) is 2.90. The summed E-state index contributed by atoms with van der Waals surface area (Å²) in [6, 6.07) is 1.54. The molecule has 1 unspecified atom stereocenters. The van der Waals surface area contributed by atoms with E-state index in [4.69, 9.17) is 5.11 Å². The molecule has 6 nitrogen and oxygen atoms in total. The summed E-state index contributed by atoms with van der Waals surface area (Å²) >= 11 is 0. The minimum atomic E-state index is -1.08. The second-order valence-electron chi connectivity index (χ2n) is 4.89. The van der Waals surface area contributed by atoms with Gasteiger partial charge in [0.1, 0.15) is 0 Å². The molecule has 1 aromatic rings. The van der Waals surface area contributed by atoms with Crippen molar-refractivity contribution in [3.63, 3.8) is 0 Å². The van der Waals surface area contributed by atoms with E-state index >= 15 is 0 Å². The van der Waals surface area contributed by atoms with Crippen molar-refractivity contribution < 1.29 is 14.7 Å². The number of nitrogens with zero attached hydrogens (tertiary/aromatic N) is 3. The molecule has 1 fully saturated rings. The molecule has 2 rings (SSSR count). The lowest BCUT2D eigenvalue weighted by atomic mass is 10.1. The van der Waals surface area contributed by atoms with Gasteiger partial charge in [-0.3, -0.25) is 9.78 Å². The normalized spacial score (nSPS) is 19.4. The van der Waals surface area contributed by atoms with Crippen LogP contribution in [-0.4, -0.2) is 65.0 Å². The number of hydrogen-bond donors (Lipinski definition) is 1. The van der Waals surface area contributed by atoms with Crippen LogP contribution in [0.25, 0.3) is 0 Å². The molecule has 0 saturated carbocycles. The highest BCUT2D eigenvalue weighted by molar-refractivity contribution is 5.97. The number of aromatic nitrogens is 1. The molecule has 1 atom stereocenters. The summed E-state index contributed by atoms with van der Waals surface area (Å²) in [5.41, 5.74) is 0.347. The van der Waals surface area contributed by atoms with Crippen LogP contribution in [0.15, 0.2) is 18.5 Å². The van der Waals surface area contributed by atoms with Crippen molar-refractivity contribution in [3.05, 3.63) is 29.6 Å². The second kappa shape index (κ2) is 5.36. The molecule has 0 spiro atoms. The molecule has 0 bridgehead atoms. The molecule has 19 heavy (non-hydrogen) atoms. The first-order valence-electron chi connectivity index (χ1n) is 6.13. The zero-order valence-corrected chi connectivity index (χ0v) is 11.0. The maximum atomic E-state index is 12.3. The Bertz CT molecular complexity index is 504. The van der Waals surface area contributed by atoms with E-state index in [1.807, 2.05) is 7.05 Å². The van der Waals surface area contributed by atoms with E-state index in [1.165, 1.54) is 18.5 Å². The first-order valence-corrected chi connectivity index (χ1v) is 6.13. The van der Waals surface area contributed by atoms with Gasteiger partial charge in [0.05, 0.1) is 11.1 Å². The molecule has 6 heteroatoms. The topological polar surface area (TPSA) is 73.7 Å². The monoisotopic (exact) mass is 263 g/mol. The van der Waals surface area contributed by atoms with Crippen molar-refractivity contribution >= 4 is 11.9 Å². The zero-order valence-electron chi connectivity index (χ0n) is 11.0. The van der Waals surface area contributed by atoms with Gasteiger partial charge in [-0.25, -0.2) is 4.79 Å². The lowest BCUT2D eigenvalue weighted by Gasteiger charge is -2.24. The SMILES string of the molecule is CN1CCC(N(C)C(=O)c2cncc(C(=O)O)c2)C1. The lowest BCUT2D eigenvalue weighted by molar-refractivity contribution is 0.0696. The molecule has 1 aliphatic heterocycles. The number of likely N-dealkylation sites (N-methyl/N-ethyl adjacent to an activating group) is 2. The van der Waals surface area contributed by atoms with Crippen LogP contribution >= 0.6 is 0 Å². The average Bonchev–Trinajstić information content (AvgIpc) is 2.84. The van der Waals surface area contributed by atoms with Crippen LogP contribution in [0.5, 0.6) is 0 Å². The van der Waals surface area contributed by atoms with E-state index in [9.17, 15) is 9.59 Å². The van der Waals surface area contributed by atoms with Gasteiger partial charge in [0.25, 0.3) is 5.91 Å². The number of pyridine rings is 1. The zero-order chi connectivity index (χ0) is 14.0. The van der Waals surface area contributed by atoms with E-state index < -0.39 is 5.97 Å². The molecule has 2 heterocycles. The van der Waals surface area contributed by atoms with Crippen molar-refractivity contribution in [2.24, 2.45) is 0 Å². The van der Waals surface area contributed by atoms with Crippen LogP contribution in [-0.2, 0) is 0 Å². The standard InChI is InChI=1S/C13H17N3O3/c1-15-4-3-11(8-15)16(2)12(17)9-5-10(13(18)19)7-14-6-9/h5-7,11H,3-4,8H2,1-2H3,(H,18,19). The summed E-state index contributed by atoms with van der Waals surface area (Å²) in [5, 5.41) is 8.90. The molecule has 1 N–H and O–H groups in total. The van der Waals surface area contributed by atoms with E-state index in [2.05, 4.69) is 9.88 Å². The molecular weight excluding hydrogens is 246 g/mol. The number of carbonyl (C=O) groups excluding carboxylic acids is 1. The molecule has 0 aliphatic carbocycles. The second-order valence-corrected chi connectivity index (χ2v) is 4.89. The number of rotatable bonds is 3. The lowest BCUT2D eigenvalue weighted by Crippen LogP contribution is -2.38. The summed E-state index contributed by atoms with van der Waals surface area (Å²) in [7, 11) is 3.77. The highest BCUT2D eigenvalue weighted by Gasteiger charge is 2.27. The minimum Gasteiger partial charge on any atom is -0.478 e. The number of carbonyl (C=O) groups is 2. The maximum absolute atomic E-state index is 12.3. The average molecular weight is 263 g/mol. The first-order chi connectivity index (χ1) is 8.99. The fourth-order valence-electron chi connectivity index (χ4n) is 2.27. The smallest absolute Gasteiger partial charge is 0.337 e. The van der Waals surface area contributed by atoms with Gasteiger partial charge in [0, 0.05) is 32.0 Å². The van der Waals surface area contributed by atoms with Gasteiger partial charge in [-0.1, -0.05) is 0 Å². The third-order valence-corrected chi connectivity index (χ3v) is 3.47. The van der Waals surface area contributed by atoms with Crippen LogP contribution in [0.3, 0.4) is 0 Å². The highest BCUT2D eigenvalue weighted by atomic mass is 16.4. The number of carboxylic acid groups (broad SMARTS) is 1. The fourth-order valence-corrected chi connectivity index (χ4v) is 2.27. The quantitative estimate of drug-likeness (QED) is 0.862. The van der Waals surface area contributed by atoms with Crippen LogP contribution in [0.4, 0.5) is 0 Å². The molecule has 1 amide bonds. The third-order valence-electron chi connectivity index (χ3n) is 3.47. The van der Waals surface area contributed by atoms with E-state index in [1.54, 1.807) is 11.9 Å². The summed E-state index contributed by atoms with van der Waals surface area (Å²) in [4.78, 5) is 30.8. The minimum absolute atomic E-state index is 0.0304. The summed E-state index contributed by atoms with van der Waals surface area (Å²) < 4.78 is 0. The molecule has 0 aromatic carbocycles. The van der Waals surface area contributed by atoms with Crippen molar-refractivity contribution in [1.82, 2.24) is 14.8 Å². The number of amides is 1. The number of likely N-dealkylation sites (tertiary alicyclic amines) is 1. The molecular formula is C13H17N3O3. The highest BCUT2D eigenvalue weighted by Crippen LogP contribution is 2.15. The van der Waals surface area contributed by atoms with Crippen LogP contribution in [0, 0.1) is 0 Å². The Morgan fingerprint density at radius 2 is 2.11 bits per heavy atom. The van der Waals surface area contributed by atoms with Crippen LogP contribution in [0.2, 0.25) is 0 Å². The Morgan fingerprint density at radius 3 is 2.68 bits per heavy atom. The Kier molecular flexibility index (Phi) is 3.80. The Labute approximate surface area is 111 Å². The van der Waals surface area contributed by atoms with Crippen molar-refractivity contribution in [3.8, 4) is 0 Å². The van der Waals surface area contributed by atoms with Gasteiger partial charge in [-0.15, -0.1) is 0 Å². The summed E-state index contributed by atoms with van der Waals surface area (Å²) in [5.74, 6) is -1.26. The van der Waals surface area contributed by atoms with Gasteiger partial charge in [-0.05, 0) is 26.1 Å². The predicted molar refractivity (Wildman–Crippen MR) is 69.2 cm³/mol. The molecule has 1 saturated heterocycles. The first kappa shape index (κ1) is 13.5. The van der Waals surface area contributed by atoms with Gasteiger partial charge in [0.2, 0.25) is 0 Å². The number of aromatic carboxylic acids is 1. The fraction of sp³-hybridized carbons (Fsp3) is 0.462. The van der Waals surface area contributed by atoms with Crippen molar-refractivity contribution in [2.45, 2.75) is 12.5 Å². The van der Waals surface area contributed by atoms with Gasteiger partial charge < -0.3 is 14.9 Å². The number of carboxylic acids is 1. The Morgan fingerprint density at radius 1 is 1.42 bits per heavy atom. The predicted octanol–water partition coefficient (Wildman–Crippen LogP) is 0.556. The maximum Gasteiger partial charge on any atom is 0.337 e. The molecule has 1 aromatic heterocycles. The van der Waals surface area contributed by atoms with E-state index in [0.717, 1.165) is 19.5 Å². The van der Waals surface area contributed by atoms with Gasteiger partial charge in [0.15, 0.2) is 0 Å². The molecule has 0 radical (unpaired) electrons. The van der Waals surface area contributed by atoms with Crippen molar-refractivity contribution in [1.29, 1.82) is 0 Å². The van der Waals surface area contributed by atoms with Crippen LogP contribution < -0.4 is 0 Å². The van der Waals surface area contributed by atoms with Gasteiger partial charge >= 0.3 is 5.97 Å². The summed E-state index contributed by atoms with van der Waals surface area (Å²) in [6.07, 6.45) is 3.58. The Hall–Kier alpha value is -1.95. The Balaban J connectivity index is 2.15. The number of hydrogen-bond acceptors (Lipinski definition) is 4. The van der Waals surface area contributed by atoms with Crippen molar-refractivity contribution in [2.75, 3.05) is 27.2 Å².